The molecule has 0 aliphatic rings. The Hall–Kier alpha value is -1.52. The summed E-state index contributed by atoms with van der Waals surface area (Å²) >= 11 is 7.28. The van der Waals surface area contributed by atoms with Crippen LogP contribution in [0, 0.1) is 5.82 Å². The number of thioether (sulfide) groups is 1. The minimum atomic E-state index is -0.337. The number of hydrogen-bond acceptors (Lipinski definition) is 2. The average Bonchev–Trinajstić information content (AvgIpc) is 2.51. The summed E-state index contributed by atoms with van der Waals surface area (Å²) in [6, 6.07) is 12.3. The summed E-state index contributed by atoms with van der Waals surface area (Å²) in [5, 5.41) is 3.21. The van der Waals surface area contributed by atoms with Crippen molar-refractivity contribution in [3.05, 3.63) is 64.4 Å². The number of amides is 1. The lowest BCUT2D eigenvalue weighted by molar-refractivity contribution is -0.113. The molecule has 0 aromatic heterocycles. The molecule has 2 aromatic rings. The molecule has 0 aliphatic carbocycles. The molecule has 1 N–H and O–H groups in total. The maximum Gasteiger partial charge on any atom is 0.234 e. The topological polar surface area (TPSA) is 29.1 Å². The van der Waals surface area contributed by atoms with Crippen LogP contribution in [0.15, 0.2) is 42.5 Å². The minimum Gasteiger partial charge on any atom is -0.325 e. The van der Waals surface area contributed by atoms with Crippen molar-refractivity contribution in [3.8, 4) is 0 Å². The average molecular weight is 338 g/mol. The van der Waals surface area contributed by atoms with Gasteiger partial charge in [0.2, 0.25) is 5.91 Å². The zero-order chi connectivity index (χ0) is 15.9. The molecule has 0 spiro atoms. The van der Waals surface area contributed by atoms with Gasteiger partial charge in [-0.2, -0.15) is 0 Å². The van der Waals surface area contributed by atoms with E-state index in [-0.39, 0.29) is 17.5 Å². The van der Waals surface area contributed by atoms with E-state index in [0.29, 0.717) is 16.3 Å². The first-order valence-electron chi connectivity index (χ1n) is 6.99. The summed E-state index contributed by atoms with van der Waals surface area (Å²) in [5.41, 5.74) is 2.43. The second-order valence-corrected chi connectivity index (χ2v) is 6.18. The Morgan fingerprint density at radius 2 is 1.95 bits per heavy atom. The molecular formula is C17H17ClFNOS. The highest BCUT2D eigenvalue weighted by molar-refractivity contribution is 7.99. The Morgan fingerprint density at radius 1 is 1.23 bits per heavy atom. The van der Waals surface area contributed by atoms with E-state index < -0.39 is 0 Å². The van der Waals surface area contributed by atoms with E-state index in [4.69, 9.17) is 11.6 Å². The van der Waals surface area contributed by atoms with Gasteiger partial charge in [0.25, 0.3) is 0 Å². The molecule has 22 heavy (non-hydrogen) atoms. The first-order valence-corrected chi connectivity index (χ1v) is 8.53. The van der Waals surface area contributed by atoms with Crippen molar-refractivity contribution in [3.63, 3.8) is 0 Å². The number of hydrogen-bond donors (Lipinski definition) is 1. The van der Waals surface area contributed by atoms with Gasteiger partial charge in [-0.15, -0.1) is 11.8 Å². The fourth-order valence-corrected chi connectivity index (χ4v) is 3.10. The highest BCUT2D eigenvalue weighted by Crippen LogP contribution is 2.24. The van der Waals surface area contributed by atoms with Gasteiger partial charge in [-0.05, 0) is 36.2 Å². The summed E-state index contributed by atoms with van der Waals surface area (Å²) in [6.07, 6.45) is 0.966. The van der Waals surface area contributed by atoms with E-state index in [2.05, 4.69) is 12.2 Å². The molecule has 0 aliphatic heterocycles. The van der Waals surface area contributed by atoms with Crippen LogP contribution in [0.2, 0.25) is 5.02 Å². The van der Waals surface area contributed by atoms with Gasteiger partial charge < -0.3 is 5.32 Å². The lowest BCUT2D eigenvalue weighted by Crippen LogP contribution is -2.14. The van der Waals surface area contributed by atoms with Crippen LogP contribution in [0.1, 0.15) is 18.1 Å². The fourth-order valence-electron chi connectivity index (χ4n) is 1.94. The molecule has 0 unspecified atom stereocenters. The summed E-state index contributed by atoms with van der Waals surface area (Å²) in [7, 11) is 0. The van der Waals surface area contributed by atoms with Gasteiger partial charge in [0, 0.05) is 22.0 Å². The van der Waals surface area contributed by atoms with Gasteiger partial charge >= 0.3 is 0 Å². The smallest absolute Gasteiger partial charge is 0.234 e. The molecule has 2 rings (SSSR count). The van der Waals surface area contributed by atoms with Crippen molar-refractivity contribution < 1.29 is 9.18 Å². The highest BCUT2D eigenvalue weighted by atomic mass is 35.5. The number of benzene rings is 2. The van der Waals surface area contributed by atoms with Crippen LogP contribution in [0.3, 0.4) is 0 Å². The number of carbonyl (C=O) groups excluding carboxylic acids is 1. The van der Waals surface area contributed by atoms with Crippen LogP contribution < -0.4 is 5.32 Å². The molecule has 0 fully saturated rings. The van der Waals surface area contributed by atoms with Crippen LogP contribution in [-0.4, -0.2) is 11.7 Å². The molecule has 1 amide bonds. The first-order chi connectivity index (χ1) is 10.6. The van der Waals surface area contributed by atoms with Crippen molar-refractivity contribution in [2.75, 3.05) is 11.1 Å². The summed E-state index contributed by atoms with van der Waals surface area (Å²) in [4.78, 5) is 11.9. The lowest BCUT2D eigenvalue weighted by atomic mass is 10.1. The molecule has 2 nitrogen and oxygen atoms in total. The molecule has 0 radical (unpaired) electrons. The predicted molar refractivity (Wildman–Crippen MR) is 92.0 cm³/mol. The predicted octanol–water partition coefficient (Wildman–Crippen LogP) is 4.91. The Morgan fingerprint density at radius 3 is 2.59 bits per heavy atom. The van der Waals surface area contributed by atoms with Crippen LogP contribution in [0.5, 0.6) is 0 Å². The van der Waals surface area contributed by atoms with Gasteiger partial charge in [-0.3, -0.25) is 4.79 Å². The number of halogens is 2. The van der Waals surface area contributed by atoms with E-state index in [1.54, 1.807) is 12.1 Å². The number of anilines is 1. The van der Waals surface area contributed by atoms with E-state index in [9.17, 15) is 9.18 Å². The normalized spacial score (nSPS) is 10.5. The van der Waals surface area contributed by atoms with E-state index in [1.165, 1.54) is 23.4 Å². The van der Waals surface area contributed by atoms with Gasteiger partial charge in [0.1, 0.15) is 5.82 Å². The third-order valence-corrected chi connectivity index (χ3v) is 4.50. The lowest BCUT2D eigenvalue weighted by Gasteiger charge is -2.07. The molecule has 0 saturated heterocycles. The quantitative estimate of drug-likeness (QED) is 0.811. The second-order valence-electron chi connectivity index (χ2n) is 4.79. The molecule has 116 valence electrons. The van der Waals surface area contributed by atoms with Crippen molar-refractivity contribution >= 4 is 35.0 Å². The molecule has 0 heterocycles. The minimum absolute atomic E-state index is 0.110. The van der Waals surface area contributed by atoms with E-state index >= 15 is 0 Å². The Balaban J connectivity index is 1.82. The number of aryl methyl sites for hydroxylation is 1. The summed E-state index contributed by atoms with van der Waals surface area (Å²) in [5.74, 6) is 0.172. The van der Waals surface area contributed by atoms with Gasteiger partial charge in [-0.25, -0.2) is 4.39 Å². The summed E-state index contributed by atoms with van der Waals surface area (Å²) < 4.78 is 13.6. The van der Waals surface area contributed by atoms with Crippen molar-refractivity contribution in [2.45, 2.75) is 19.1 Å². The fraction of sp³-hybridized carbons (Fsp3) is 0.235. The first kappa shape index (κ1) is 16.8. The van der Waals surface area contributed by atoms with Crippen molar-refractivity contribution in [2.24, 2.45) is 0 Å². The molecule has 0 bridgehead atoms. The maximum atomic E-state index is 13.6. The van der Waals surface area contributed by atoms with Crippen LogP contribution in [0.25, 0.3) is 0 Å². The number of carbonyl (C=O) groups is 1. The van der Waals surface area contributed by atoms with Crippen LogP contribution in [-0.2, 0) is 17.0 Å². The molecule has 5 heteroatoms. The molecular weight excluding hydrogens is 321 g/mol. The second kappa shape index (κ2) is 8.20. The number of rotatable bonds is 6. The largest absolute Gasteiger partial charge is 0.325 e. The van der Waals surface area contributed by atoms with Crippen LogP contribution in [0.4, 0.5) is 10.1 Å². The van der Waals surface area contributed by atoms with Gasteiger partial charge in [0.05, 0.1) is 5.75 Å². The van der Waals surface area contributed by atoms with Gasteiger partial charge in [0.15, 0.2) is 0 Å². The van der Waals surface area contributed by atoms with Crippen LogP contribution >= 0.6 is 23.4 Å². The van der Waals surface area contributed by atoms with Crippen molar-refractivity contribution in [1.29, 1.82) is 0 Å². The van der Waals surface area contributed by atoms with E-state index in [0.717, 1.165) is 12.1 Å². The summed E-state index contributed by atoms with van der Waals surface area (Å²) in [6.45, 7) is 2.08. The number of nitrogens with one attached hydrogen (secondary N) is 1. The SMILES string of the molecule is CCc1ccc(NC(=O)CSCc2c(F)cccc2Cl)cc1. The van der Waals surface area contributed by atoms with Gasteiger partial charge in [-0.1, -0.05) is 36.7 Å². The third-order valence-electron chi connectivity index (χ3n) is 3.19. The monoisotopic (exact) mass is 337 g/mol. The van der Waals surface area contributed by atoms with Crippen molar-refractivity contribution in [1.82, 2.24) is 0 Å². The zero-order valence-corrected chi connectivity index (χ0v) is 13.8. The maximum absolute atomic E-state index is 13.6. The standard InChI is InChI=1S/C17H17ClFNOS/c1-2-12-6-8-13(9-7-12)20-17(21)11-22-10-14-15(18)4-3-5-16(14)19/h3-9H,2,10-11H2,1H3,(H,20,21). The zero-order valence-electron chi connectivity index (χ0n) is 12.2. The Kier molecular flexibility index (Phi) is 6.28. The highest BCUT2D eigenvalue weighted by Gasteiger charge is 2.08. The molecule has 0 saturated carbocycles. The van der Waals surface area contributed by atoms with E-state index in [1.807, 2.05) is 24.3 Å². The Labute approximate surface area is 139 Å². The molecule has 2 aromatic carbocycles. The third kappa shape index (κ3) is 4.75. The Bertz CT molecular complexity index is 625. The molecule has 0 atom stereocenters.